The topological polar surface area (TPSA) is 0 Å². The van der Waals surface area contributed by atoms with E-state index in [9.17, 15) is 0 Å². The maximum absolute atomic E-state index is 3.36. The summed E-state index contributed by atoms with van der Waals surface area (Å²) in [5.41, 5.74) is 0. The fraction of sp³-hybridized carbons (Fsp3) is 0.778. The van der Waals surface area contributed by atoms with Crippen molar-refractivity contribution in [2.45, 2.75) is 45.4 Å². The molecule has 54 valence electrons. The predicted molar refractivity (Wildman–Crippen MR) is 43.6 cm³/mol. The molecule has 0 spiro atoms. The van der Waals surface area contributed by atoms with Crippen molar-refractivity contribution in [1.29, 1.82) is 0 Å². The van der Waals surface area contributed by atoms with Gasteiger partial charge in [0, 0.05) is 0 Å². The standard InChI is InChI=1S/C6H12.C3H6/c1-2-4-6-5-3-1;1-3-2/h1-6H2;3H,1H2,2H3. The molecule has 1 aliphatic carbocycles. The van der Waals surface area contributed by atoms with E-state index in [0.29, 0.717) is 0 Å². The molecule has 0 aromatic carbocycles. The molecule has 0 aliphatic heterocycles. The molecule has 0 aromatic heterocycles. The van der Waals surface area contributed by atoms with Gasteiger partial charge in [-0.1, -0.05) is 44.6 Å². The number of rotatable bonds is 0. The lowest BCUT2D eigenvalue weighted by Gasteiger charge is -2.05. The lowest BCUT2D eigenvalue weighted by Crippen LogP contribution is -1.85. The third-order valence-electron chi connectivity index (χ3n) is 1.50. The maximum atomic E-state index is 3.36. The summed E-state index contributed by atoms with van der Waals surface area (Å²) in [6, 6.07) is 0. The first-order chi connectivity index (χ1) is 4.41. The van der Waals surface area contributed by atoms with E-state index in [1.807, 2.05) is 6.92 Å². The molecule has 0 atom stereocenters. The average Bonchev–Trinajstić information content (AvgIpc) is 1.93. The second kappa shape index (κ2) is 7.74. The van der Waals surface area contributed by atoms with Gasteiger partial charge in [-0.05, 0) is 6.92 Å². The summed E-state index contributed by atoms with van der Waals surface area (Å²) in [7, 11) is 0. The first-order valence-corrected chi connectivity index (χ1v) is 3.99. The molecule has 0 aromatic rings. The summed E-state index contributed by atoms with van der Waals surface area (Å²) in [6.07, 6.45) is 10.8. The molecular weight excluding hydrogens is 108 g/mol. The van der Waals surface area contributed by atoms with Gasteiger partial charge in [0.15, 0.2) is 0 Å². The van der Waals surface area contributed by atoms with Gasteiger partial charge < -0.3 is 0 Å². The molecule has 0 heteroatoms. The van der Waals surface area contributed by atoms with Crippen LogP contribution in [0.4, 0.5) is 0 Å². The monoisotopic (exact) mass is 126 g/mol. The quantitative estimate of drug-likeness (QED) is 0.435. The van der Waals surface area contributed by atoms with Crippen molar-refractivity contribution in [3.05, 3.63) is 12.7 Å². The van der Waals surface area contributed by atoms with Crippen LogP contribution >= 0.6 is 0 Å². The Bertz CT molecular complexity index is 39.5. The highest BCUT2D eigenvalue weighted by Gasteiger charge is 1.95. The first-order valence-electron chi connectivity index (χ1n) is 3.99. The van der Waals surface area contributed by atoms with E-state index in [4.69, 9.17) is 0 Å². The molecule has 0 saturated heterocycles. The average molecular weight is 126 g/mol. The fourth-order valence-electron chi connectivity index (χ4n) is 1.06. The first kappa shape index (κ1) is 8.74. The van der Waals surface area contributed by atoms with E-state index >= 15 is 0 Å². The van der Waals surface area contributed by atoms with Crippen LogP contribution in [0, 0.1) is 0 Å². The summed E-state index contributed by atoms with van der Waals surface area (Å²) in [4.78, 5) is 0. The van der Waals surface area contributed by atoms with E-state index < -0.39 is 0 Å². The summed E-state index contributed by atoms with van der Waals surface area (Å²) >= 11 is 0. The van der Waals surface area contributed by atoms with Crippen LogP contribution < -0.4 is 0 Å². The van der Waals surface area contributed by atoms with Gasteiger partial charge in [0.2, 0.25) is 0 Å². The van der Waals surface area contributed by atoms with Gasteiger partial charge in [-0.15, -0.1) is 6.58 Å². The molecule has 0 radical (unpaired) electrons. The van der Waals surface area contributed by atoms with Crippen LogP contribution in [0.3, 0.4) is 0 Å². The van der Waals surface area contributed by atoms with Crippen molar-refractivity contribution in [3.63, 3.8) is 0 Å². The number of allylic oxidation sites excluding steroid dienone is 1. The number of hydrogen-bond acceptors (Lipinski definition) is 0. The van der Waals surface area contributed by atoms with E-state index in [2.05, 4.69) is 6.58 Å². The maximum Gasteiger partial charge on any atom is -0.0473 e. The van der Waals surface area contributed by atoms with Gasteiger partial charge >= 0.3 is 0 Å². The Hall–Kier alpha value is -0.260. The van der Waals surface area contributed by atoms with Gasteiger partial charge in [0.1, 0.15) is 0 Å². The molecule has 1 fully saturated rings. The molecule has 0 heterocycles. The normalized spacial score (nSPS) is 17.4. The number of hydrogen-bond donors (Lipinski definition) is 0. The molecule has 0 nitrogen and oxygen atoms in total. The van der Waals surface area contributed by atoms with Crippen molar-refractivity contribution < 1.29 is 0 Å². The fourth-order valence-corrected chi connectivity index (χ4v) is 1.06. The lowest BCUT2D eigenvalue weighted by atomic mass is 10.0. The van der Waals surface area contributed by atoms with Crippen LogP contribution in [-0.2, 0) is 0 Å². The zero-order valence-electron chi connectivity index (χ0n) is 6.53. The third-order valence-corrected chi connectivity index (χ3v) is 1.50. The van der Waals surface area contributed by atoms with E-state index in [0.717, 1.165) is 0 Å². The Labute approximate surface area is 59.0 Å². The highest BCUT2D eigenvalue weighted by molar-refractivity contribution is 4.51. The molecule has 0 unspecified atom stereocenters. The van der Waals surface area contributed by atoms with Crippen LogP contribution in [0.1, 0.15) is 45.4 Å². The van der Waals surface area contributed by atoms with E-state index in [1.54, 1.807) is 6.08 Å². The minimum atomic E-state index is 1.50. The highest BCUT2D eigenvalue weighted by atomic mass is 14.0. The van der Waals surface area contributed by atoms with E-state index in [1.165, 1.54) is 38.5 Å². The molecule has 1 aliphatic rings. The third kappa shape index (κ3) is 7.74. The van der Waals surface area contributed by atoms with Gasteiger partial charge in [0.05, 0.1) is 0 Å². The Balaban J connectivity index is 0.000000187. The second-order valence-electron chi connectivity index (χ2n) is 2.53. The minimum Gasteiger partial charge on any atom is -0.103 e. The summed E-state index contributed by atoms with van der Waals surface area (Å²) in [5.74, 6) is 0. The van der Waals surface area contributed by atoms with Gasteiger partial charge in [0.25, 0.3) is 0 Å². The molecule has 0 amide bonds. The van der Waals surface area contributed by atoms with Gasteiger partial charge in [-0.3, -0.25) is 0 Å². The molecule has 1 saturated carbocycles. The summed E-state index contributed by atoms with van der Waals surface area (Å²) in [5, 5.41) is 0. The Kier molecular flexibility index (Phi) is 7.52. The second-order valence-corrected chi connectivity index (χ2v) is 2.53. The van der Waals surface area contributed by atoms with Gasteiger partial charge in [-0.2, -0.15) is 0 Å². The predicted octanol–water partition coefficient (Wildman–Crippen LogP) is 3.53. The van der Waals surface area contributed by atoms with Crippen LogP contribution in [0.15, 0.2) is 12.7 Å². The zero-order valence-corrected chi connectivity index (χ0v) is 6.53. The van der Waals surface area contributed by atoms with Crippen molar-refractivity contribution in [1.82, 2.24) is 0 Å². The van der Waals surface area contributed by atoms with Crippen molar-refractivity contribution in [2.24, 2.45) is 0 Å². The lowest BCUT2D eigenvalue weighted by molar-refractivity contribution is 0.504. The van der Waals surface area contributed by atoms with Crippen molar-refractivity contribution in [3.8, 4) is 0 Å². The molecule has 1 rings (SSSR count). The van der Waals surface area contributed by atoms with Crippen molar-refractivity contribution >= 4 is 0 Å². The summed E-state index contributed by atoms with van der Waals surface area (Å²) in [6.45, 7) is 5.25. The highest BCUT2D eigenvalue weighted by Crippen LogP contribution is 2.15. The van der Waals surface area contributed by atoms with Crippen LogP contribution in [-0.4, -0.2) is 0 Å². The SMILES string of the molecule is C1CCCCC1.C=CC. The Morgan fingerprint density at radius 2 is 1.00 bits per heavy atom. The Morgan fingerprint density at radius 3 is 1.11 bits per heavy atom. The molecule has 9 heavy (non-hydrogen) atoms. The molecule has 0 N–H and O–H groups in total. The zero-order chi connectivity index (χ0) is 6.95. The largest absolute Gasteiger partial charge is 0.103 e. The minimum absolute atomic E-state index is 1.50. The molecule has 0 bridgehead atoms. The van der Waals surface area contributed by atoms with Crippen molar-refractivity contribution in [2.75, 3.05) is 0 Å². The van der Waals surface area contributed by atoms with Crippen LogP contribution in [0.25, 0.3) is 0 Å². The van der Waals surface area contributed by atoms with Crippen LogP contribution in [0.2, 0.25) is 0 Å². The van der Waals surface area contributed by atoms with E-state index in [-0.39, 0.29) is 0 Å². The van der Waals surface area contributed by atoms with Crippen LogP contribution in [0.5, 0.6) is 0 Å². The smallest absolute Gasteiger partial charge is 0.0473 e. The Morgan fingerprint density at radius 1 is 0.889 bits per heavy atom. The van der Waals surface area contributed by atoms with Gasteiger partial charge in [-0.25, -0.2) is 0 Å². The molecular formula is C9H18. The summed E-state index contributed by atoms with van der Waals surface area (Å²) < 4.78 is 0.